The molecule has 1 aromatic rings. The van der Waals surface area contributed by atoms with Gasteiger partial charge >= 0.3 is 0 Å². The summed E-state index contributed by atoms with van der Waals surface area (Å²) in [6, 6.07) is 7.86. The number of rotatable bonds is 9. The van der Waals surface area contributed by atoms with E-state index in [9.17, 15) is 0 Å². The molecule has 0 aliphatic carbocycles. The van der Waals surface area contributed by atoms with E-state index in [2.05, 4.69) is 5.43 Å². The minimum atomic E-state index is -0.00584. The summed E-state index contributed by atoms with van der Waals surface area (Å²) < 4.78 is 16.0. The first kappa shape index (κ1) is 15.9. The highest BCUT2D eigenvalue weighted by Crippen LogP contribution is 2.28. The van der Waals surface area contributed by atoms with E-state index in [4.69, 9.17) is 20.1 Å². The number of methoxy groups -OCH3 is 2. The van der Waals surface area contributed by atoms with Gasteiger partial charge < -0.3 is 14.2 Å². The largest absolute Gasteiger partial charge is 0.491 e. The monoisotopic (exact) mass is 268 g/mol. The van der Waals surface area contributed by atoms with Crippen LogP contribution in [0.4, 0.5) is 0 Å². The first-order valence-electron chi connectivity index (χ1n) is 6.42. The highest BCUT2D eigenvalue weighted by Gasteiger charge is 2.17. The Morgan fingerprint density at radius 3 is 2.58 bits per heavy atom. The second kappa shape index (κ2) is 8.87. The Morgan fingerprint density at radius 1 is 1.21 bits per heavy atom. The van der Waals surface area contributed by atoms with Crippen LogP contribution in [0.5, 0.6) is 5.75 Å². The van der Waals surface area contributed by atoms with Crippen molar-refractivity contribution in [3.05, 3.63) is 29.8 Å². The van der Waals surface area contributed by atoms with E-state index >= 15 is 0 Å². The summed E-state index contributed by atoms with van der Waals surface area (Å²) in [5.74, 6) is 6.47. The lowest BCUT2D eigenvalue weighted by Crippen LogP contribution is -2.31. The third kappa shape index (κ3) is 5.16. The highest BCUT2D eigenvalue weighted by atomic mass is 16.5. The van der Waals surface area contributed by atoms with Crippen LogP contribution in [0.25, 0.3) is 0 Å². The molecule has 19 heavy (non-hydrogen) atoms. The minimum Gasteiger partial charge on any atom is -0.491 e. The van der Waals surface area contributed by atoms with Crippen LogP contribution in [0.15, 0.2) is 24.3 Å². The van der Waals surface area contributed by atoms with Crippen molar-refractivity contribution in [2.45, 2.75) is 25.5 Å². The predicted molar refractivity (Wildman–Crippen MR) is 75.0 cm³/mol. The van der Waals surface area contributed by atoms with Gasteiger partial charge in [0.05, 0.1) is 18.8 Å². The van der Waals surface area contributed by atoms with Gasteiger partial charge in [-0.15, -0.1) is 0 Å². The van der Waals surface area contributed by atoms with Crippen molar-refractivity contribution in [3.8, 4) is 5.75 Å². The molecule has 0 spiro atoms. The SMILES string of the molecule is COCCOc1ccccc1C(CC(C)OC)NN. The lowest BCUT2D eigenvalue weighted by Gasteiger charge is -2.22. The van der Waals surface area contributed by atoms with E-state index in [1.54, 1.807) is 14.2 Å². The lowest BCUT2D eigenvalue weighted by atomic mass is 10.0. The lowest BCUT2D eigenvalue weighted by molar-refractivity contribution is 0.0995. The van der Waals surface area contributed by atoms with E-state index in [0.29, 0.717) is 13.2 Å². The molecule has 0 saturated carbocycles. The Balaban J connectivity index is 2.77. The molecule has 1 rings (SSSR count). The van der Waals surface area contributed by atoms with Gasteiger partial charge in [-0.2, -0.15) is 0 Å². The summed E-state index contributed by atoms with van der Waals surface area (Å²) >= 11 is 0. The molecule has 2 atom stereocenters. The molecule has 0 radical (unpaired) electrons. The molecule has 0 bridgehead atoms. The molecule has 5 heteroatoms. The minimum absolute atomic E-state index is 0.00584. The molecule has 108 valence electrons. The summed E-state index contributed by atoms with van der Waals surface area (Å²) in [6.07, 6.45) is 0.894. The molecular weight excluding hydrogens is 244 g/mol. The fraction of sp³-hybridized carbons (Fsp3) is 0.571. The van der Waals surface area contributed by atoms with Gasteiger partial charge in [0.1, 0.15) is 12.4 Å². The second-order valence-electron chi connectivity index (χ2n) is 4.38. The molecule has 1 aromatic carbocycles. The first-order valence-corrected chi connectivity index (χ1v) is 6.42. The summed E-state index contributed by atoms with van der Waals surface area (Å²) in [4.78, 5) is 0. The maximum Gasteiger partial charge on any atom is 0.124 e. The number of hydrazine groups is 1. The first-order chi connectivity index (χ1) is 9.22. The molecule has 0 aromatic heterocycles. The van der Waals surface area contributed by atoms with Crippen molar-refractivity contribution in [2.24, 2.45) is 5.84 Å². The molecule has 0 amide bonds. The Bertz CT molecular complexity index is 360. The summed E-state index contributed by atoms with van der Waals surface area (Å²) in [7, 11) is 3.35. The van der Waals surface area contributed by atoms with Gasteiger partial charge in [-0.25, -0.2) is 0 Å². The Hall–Kier alpha value is -1.14. The third-order valence-corrected chi connectivity index (χ3v) is 3.01. The quantitative estimate of drug-likeness (QED) is 0.405. The Kier molecular flexibility index (Phi) is 7.43. The van der Waals surface area contributed by atoms with Crippen LogP contribution in [0.2, 0.25) is 0 Å². The van der Waals surface area contributed by atoms with Gasteiger partial charge in [0.25, 0.3) is 0 Å². The smallest absolute Gasteiger partial charge is 0.124 e. The van der Waals surface area contributed by atoms with Crippen molar-refractivity contribution in [3.63, 3.8) is 0 Å². The van der Waals surface area contributed by atoms with Crippen molar-refractivity contribution in [1.82, 2.24) is 5.43 Å². The molecular formula is C14H24N2O3. The number of hydrogen-bond donors (Lipinski definition) is 2. The molecule has 2 unspecified atom stereocenters. The van der Waals surface area contributed by atoms with Crippen molar-refractivity contribution in [2.75, 3.05) is 27.4 Å². The zero-order chi connectivity index (χ0) is 14.1. The van der Waals surface area contributed by atoms with E-state index in [1.807, 2.05) is 31.2 Å². The number of para-hydroxylation sites is 1. The molecule has 0 fully saturated rings. The van der Waals surface area contributed by atoms with Crippen molar-refractivity contribution in [1.29, 1.82) is 0 Å². The summed E-state index contributed by atoms with van der Waals surface area (Å²) in [6.45, 7) is 3.09. The molecule has 3 N–H and O–H groups in total. The Labute approximate surface area is 115 Å². The van der Waals surface area contributed by atoms with Crippen LogP contribution >= 0.6 is 0 Å². The molecule has 0 heterocycles. The Morgan fingerprint density at radius 2 is 1.95 bits per heavy atom. The van der Waals surface area contributed by atoms with Crippen LogP contribution in [-0.4, -0.2) is 33.5 Å². The number of hydrogen-bond acceptors (Lipinski definition) is 5. The highest BCUT2D eigenvalue weighted by molar-refractivity contribution is 5.36. The van der Waals surface area contributed by atoms with E-state index in [1.165, 1.54) is 0 Å². The zero-order valence-electron chi connectivity index (χ0n) is 11.9. The average molecular weight is 268 g/mol. The van der Waals surface area contributed by atoms with Gasteiger partial charge in [-0.05, 0) is 19.4 Å². The van der Waals surface area contributed by atoms with Crippen molar-refractivity contribution >= 4 is 0 Å². The number of nitrogens with two attached hydrogens (primary N) is 1. The van der Waals surface area contributed by atoms with Crippen LogP contribution in [-0.2, 0) is 9.47 Å². The maximum atomic E-state index is 5.71. The maximum absolute atomic E-state index is 5.71. The summed E-state index contributed by atoms with van der Waals surface area (Å²) in [5, 5.41) is 0. The number of nitrogens with one attached hydrogen (secondary N) is 1. The zero-order valence-corrected chi connectivity index (χ0v) is 11.9. The van der Waals surface area contributed by atoms with E-state index < -0.39 is 0 Å². The number of benzene rings is 1. The van der Waals surface area contributed by atoms with Crippen LogP contribution in [0.3, 0.4) is 0 Å². The van der Waals surface area contributed by atoms with Gasteiger partial charge in [0.2, 0.25) is 0 Å². The van der Waals surface area contributed by atoms with Gasteiger partial charge in [-0.3, -0.25) is 11.3 Å². The fourth-order valence-corrected chi connectivity index (χ4v) is 1.85. The van der Waals surface area contributed by atoms with Gasteiger partial charge in [-0.1, -0.05) is 18.2 Å². The summed E-state index contributed by atoms with van der Waals surface area (Å²) in [5.41, 5.74) is 3.86. The van der Waals surface area contributed by atoms with E-state index in [0.717, 1.165) is 17.7 Å². The van der Waals surface area contributed by atoms with Gasteiger partial charge in [0, 0.05) is 19.8 Å². The fourth-order valence-electron chi connectivity index (χ4n) is 1.85. The van der Waals surface area contributed by atoms with Crippen molar-refractivity contribution < 1.29 is 14.2 Å². The molecule has 0 aliphatic heterocycles. The average Bonchev–Trinajstić information content (AvgIpc) is 2.45. The predicted octanol–water partition coefficient (Wildman–Crippen LogP) is 1.64. The van der Waals surface area contributed by atoms with Crippen LogP contribution in [0.1, 0.15) is 24.9 Å². The second-order valence-corrected chi connectivity index (χ2v) is 4.38. The van der Waals surface area contributed by atoms with Crippen LogP contribution < -0.4 is 16.0 Å². The van der Waals surface area contributed by atoms with Gasteiger partial charge in [0.15, 0.2) is 0 Å². The molecule has 0 aliphatic rings. The van der Waals surface area contributed by atoms with Crippen LogP contribution in [0, 0.1) is 0 Å². The standard InChI is InChI=1S/C14H24N2O3/c1-11(18-3)10-13(16-15)12-6-4-5-7-14(12)19-9-8-17-2/h4-7,11,13,16H,8-10,15H2,1-3H3. The third-order valence-electron chi connectivity index (χ3n) is 3.01. The van der Waals surface area contributed by atoms with E-state index in [-0.39, 0.29) is 12.1 Å². The molecule has 5 nitrogen and oxygen atoms in total. The topological polar surface area (TPSA) is 65.7 Å². The number of ether oxygens (including phenoxy) is 3. The molecule has 0 saturated heterocycles. The normalized spacial score (nSPS) is 14.1.